The molecule has 1 nitrogen and oxygen atoms in total. The van der Waals surface area contributed by atoms with Gasteiger partial charge in [-0.3, -0.25) is 0 Å². The van der Waals surface area contributed by atoms with Gasteiger partial charge < -0.3 is 5.11 Å². The molecule has 0 spiro atoms. The van der Waals surface area contributed by atoms with Crippen LogP contribution in [0, 0.1) is 46.3 Å². The van der Waals surface area contributed by atoms with Crippen molar-refractivity contribution in [3.63, 3.8) is 0 Å². The molecule has 0 radical (unpaired) electrons. The van der Waals surface area contributed by atoms with Gasteiger partial charge >= 0.3 is 0 Å². The zero-order valence-electron chi connectivity index (χ0n) is 19.9. The molecule has 4 saturated carbocycles. The highest BCUT2D eigenvalue weighted by Crippen LogP contribution is 2.71. The molecule has 0 aromatic heterocycles. The average Bonchev–Trinajstić information content (AvgIpc) is 3.07. The smallest absolute Gasteiger partial charge is 0.0456 e. The summed E-state index contributed by atoms with van der Waals surface area (Å²) in [6, 6.07) is 0. The molecular weight excluding hydrogens is 500 g/mol. The molecule has 0 saturated heterocycles. The predicted molar refractivity (Wildman–Crippen MR) is 135 cm³/mol. The summed E-state index contributed by atoms with van der Waals surface area (Å²) in [5.74, 6) is 5.01. The lowest BCUT2D eigenvalue weighted by Gasteiger charge is -2.65. The SMILES string of the molecule is CC(CO)CCC[C@@H](C)[C@H]1CC[C@H]2[C@@H]3CC(Br)C4(Br)CCCC[C@]4(C)[C@H]3CC[C@]12C. The Balaban J connectivity index is 1.49. The van der Waals surface area contributed by atoms with E-state index in [-0.39, 0.29) is 0 Å². The number of fused-ring (bicyclic) bond motifs is 5. The van der Waals surface area contributed by atoms with E-state index in [1.54, 1.807) is 0 Å². The maximum absolute atomic E-state index is 9.35. The molecule has 10 atom stereocenters. The lowest BCUT2D eigenvalue weighted by molar-refractivity contribution is -0.0975. The molecule has 3 heteroatoms. The van der Waals surface area contributed by atoms with Crippen LogP contribution in [0.4, 0.5) is 0 Å². The minimum Gasteiger partial charge on any atom is -0.396 e. The van der Waals surface area contributed by atoms with E-state index in [0.29, 0.717) is 32.5 Å². The van der Waals surface area contributed by atoms with Crippen molar-refractivity contribution >= 4 is 31.9 Å². The Kier molecular flexibility index (Phi) is 7.17. The molecule has 4 aliphatic rings. The van der Waals surface area contributed by atoms with E-state index in [0.717, 1.165) is 29.6 Å². The fraction of sp³-hybridized carbons (Fsp3) is 1.00. The Morgan fingerprint density at radius 2 is 1.70 bits per heavy atom. The Bertz CT molecular complexity index is 610. The van der Waals surface area contributed by atoms with Crippen LogP contribution in [0.3, 0.4) is 0 Å². The number of hydrogen-bond acceptors (Lipinski definition) is 1. The van der Waals surface area contributed by atoms with Crippen LogP contribution in [-0.4, -0.2) is 20.9 Å². The summed E-state index contributed by atoms with van der Waals surface area (Å²) in [5.41, 5.74) is 1.03. The minimum absolute atomic E-state index is 0.321. The molecule has 174 valence electrons. The van der Waals surface area contributed by atoms with Crippen molar-refractivity contribution in [3.8, 4) is 0 Å². The first-order valence-electron chi connectivity index (χ1n) is 13.1. The van der Waals surface area contributed by atoms with Gasteiger partial charge in [0.15, 0.2) is 0 Å². The second kappa shape index (κ2) is 8.94. The zero-order chi connectivity index (χ0) is 21.7. The Morgan fingerprint density at radius 3 is 2.43 bits per heavy atom. The second-order valence-corrected chi connectivity index (χ2v) is 15.0. The number of alkyl halides is 2. The monoisotopic (exact) mass is 544 g/mol. The average molecular weight is 546 g/mol. The van der Waals surface area contributed by atoms with E-state index in [1.807, 2.05) is 0 Å². The number of aliphatic hydroxyl groups is 1. The second-order valence-electron chi connectivity index (χ2n) is 12.5. The summed E-state index contributed by atoms with van der Waals surface area (Å²) in [5, 5.41) is 9.35. The van der Waals surface area contributed by atoms with Crippen molar-refractivity contribution in [2.45, 2.75) is 114 Å². The van der Waals surface area contributed by atoms with Crippen LogP contribution >= 0.6 is 31.9 Å². The predicted octanol–water partition coefficient (Wildman–Crippen LogP) is 8.36. The van der Waals surface area contributed by atoms with Gasteiger partial charge in [-0.05, 0) is 97.7 Å². The van der Waals surface area contributed by atoms with Gasteiger partial charge in [0.2, 0.25) is 0 Å². The molecule has 0 heterocycles. The van der Waals surface area contributed by atoms with Crippen LogP contribution in [0.25, 0.3) is 0 Å². The molecular formula is C27H46Br2O. The van der Waals surface area contributed by atoms with Crippen molar-refractivity contribution < 1.29 is 5.11 Å². The molecule has 3 unspecified atom stereocenters. The molecule has 0 amide bonds. The molecule has 4 rings (SSSR count). The summed E-state index contributed by atoms with van der Waals surface area (Å²) >= 11 is 8.59. The van der Waals surface area contributed by atoms with Gasteiger partial charge in [-0.25, -0.2) is 0 Å². The van der Waals surface area contributed by atoms with E-state index in [9.17, 15) is 5.11 Å². The Morgan fingerprint density at radius 1 is 0.967 bits per heavy atom. The van der Waals surface area contributed by atoms with E-state index >= 15 is 0 Å². The maximum Gasteiger partial charge on any atom is 0.0456 e. The highest BCUT2D eigenvalue weighted by Gasteiger charge is 2.65. The summed E-state index contributed by atoms with van der Waals surface area (Å²) in [6.07, 6.45) is 16.7. The fourth-order valence-electron chi connectivity index (χ4n) is 9.26. The van der Waals surface area contributed by atoms with Crippen LogP contribution in [0.1, 0.15) is 105 Å². The van der Waals surface area contributed by atoms with E-state index in [2.05, 4.69) is 59.6 Å². The Hall–Kier alpha value is 0.920. The third kappa shape index (κ3) is 3.71. The first-order valence-corrected chi connectivity index (χ1v) is 14.8. The van der Waals surface area contributed by atoms with Crippen LogP contribution < -0.4 is 0 Å². The molecule has 0 aliphatic heterocycles. The van der Waals surface area contributed by atoms with E-state index < -0.39 is 0 Å². The van der Waals surface area contributed by atoms with Gasteiger partial charge in [0.1, 0.15) is 0 Å². The Labute approximate surface area is 203 Å². The largest absolute Gasteiger partial charge is 0.396 e. The van der Waals surface area contributed by atoms with Crippen LogP contribution in [0.5, 0.6) is 0 Å². The molecule has 4 fully saturated rings. The first-order chi connectivity index (χ1) is 14.2. The van der Waals surface area contributed by atoms with Gasteiger partial charge in [-0.2, -0.15) is 0 Å². The molecule has 0 aromatic carbocycles. The highest BCUT2D eigenvalue weighted by atomic mass is 79.9. The quantitative estimate of drug-likeness (QED) is 0.332. The van der Waals surface area contributed by atoms with Gasteiger partial charge in [-0.15, -0.1) is 0 Å². The fourth-order valence-corrected chi connectivity index (χ4v) is 11.4. The van der Waals surface area contributed by atoms with Crippen molar-refractivity contribution in [2.24, 2.45) is 46.3 Å². The molecule has 4 aliphatic carbocycles. The number of hydrogen-bond donors (Lipinski definition) is 1. The lowest BCUT2D eigenvalue weighted by atomic mass is 9.44. The summed E-state index contributed by atoms with van der Waals surface area (Å²) in [6.45, 7) is 10.4. The maximum atomic E-state index is 9.35. The lowest BCUT2D eigenvalue weighted by Crippen LogP contribution is -2.63. The molecule has 0 aromatic rings. The van der Waals surface area contributed by atoms with Gasteiger partial charge in [0.25, 0.3) is 0 Å². The van der Waals surface area contributed by atoms with Crippen molar-refractivity contribution in [1.82, 2.24) is 0 Å². The van der Waals surface area contributed by atoms with Crippen LogP contribution in [0.15, 0.2) is 0 Å². The van der Waals surface area contributed by atoms with Gasteiger partial charge in [0, 0.05) is 15.8 Å². The number of aliphatic hydroxyl groups excluding tert-OH is 1. The molecule has 30 heavy (non-hydrogen) atoms. The van der Waals surface area contributed by atoms with Crippen molar-refractivity contribution in [3.05, 3.63) is 0 Å². The standard InChI is InChI=1S/C27H46Br2O/c1-18(17-30)8-7-9-19(2)21-10-11-22-20-16-24(28)27(29)14-6-5-13-26(27,4)23(20)12-15-25(21,22)3/h18-24,30H,5-17H2,1-4H3/t18?,19-,20+,21-,22+,23+,24?,25-,26-,27?/m1/s1. The third-order valence-electron chi connectivity index (χ3n) is 11.1. The normalized spacial score (nSPS) is 50.3. The van der Waals surface area contributed by atoms with Crippen molar-refractivity contribution in [1.29, 1.82) is 0 Å². The first kappa shape index (κ1) is 24.1. The molecule has 1 N–H and O–H groups in total. The zero-order valence-corrected chi connectivity index (χ0v) is 23.1. The minimum atomic E-state index is 0.321. The summed E-state index contributed by atoms with van der Waals surface area (Å²) < 4.78 is 0.321. The van der Waals surface area contributed by atoms with Gasteiger partial charge in [-0.1, -0.05) is 85.2 Å². The van der Waals surface area contributed by atoms with Crippen molar-refractivity contribution in [2.75, 3.05) is 6.61 Å². The third-order valence-corrected chi connectivity index (χ3v) is 14.7. The topological polar surface area (TPSA) is 20.2 Å². The van der Waals surface area contributed by atoms with E-state index in [4.69, 9.17) is 0 Å². The van der Waals surface area contributed by atoms with Crippen LogP contribution in [0.2, 0.25) is 0 Å². The van der Waals surface area contributed by atoms with Crippen LogP contribution in [-0.2, 0) is 0 Å². The van der Waals surface area contributed by atoms with E-state index in [1.165, 1.54) is 77.0 Å². The summed E-state index contributed by atoms with van der Waals surface area (Å²) in [4.78, 5) is 0.635. The number of rotatable bonds is 6. The molecule has 0 bridgehead atoms. The van der Waals surface area contributed by atoms with Gasteiger partial charge in [0.05, 0.1) is 0 Å². The summed E-state index contributed by atoms with van der Waals surface area (Å²) in [7, 11) is 0. The number of halogens is 2. The highest BCUT2D eigenvalue weighted by molar-refractivity contribution is 9.12.